The predicted octanol–water partition coefficient (Wildman–Crippen LogP) is 2.94. The molecule has 102 valence electrons. The minimum absolute atomic E-state index is 0.314. The molecular weight excluding hydrogens is 238 g/mol. The first-order valence-corrected chi connectivity index (χ1v) is 6.67. The highest BCUT2D eigenvalue weighted by Gasteiger charge is 2.14. The molecule has 1 atom stereocenters. The molecule has 1 unspecified atom stereocenters. The van der Waals surface area contributed by atoms with E-state index >= 15 is 0 Å². The second-order valence-electron chi connectivity index (χ2n) is 4.41. The molecule has 0 bridgehead atoms. The SMILES string of the molecule is CCC(c1ccccc1)n1ccnc1NCCOC. The number of hydrogen-bond donors (Lipinski definition) is 1. The number of hydrogen-bond acceptors (Lipinski definition) is 3. The van der Waals surface area contributed by atoms with Gasteiger partial charge in [0.05, 0.1) is 12.6 Å². The Hall–Kier alpha value is -1.81. The summed E-state index contributed by atoms with van der Waals surface area (Å²) in [4.78, 5) is 4.38. The molecule has 4 nitrogen and oxygen atoms in total. The van der Waals surface area contributed by atoms with E-state index in [4.69, 9.17) is 4.74 Å². The number of imidazole rings is 1. The number of rotatable bonds is 7. The Morgan fingerprint density at radius 1 is 1.32 bits per heavy atom. The summed E-state index contributed by atoms with van der Waals surface area (Å²) in [5.74, 6) is 0.896. The van der Waals surface area contributed by atoms with Crippen LogP contribution in [-0.4, -0.2) is 29.8 Å². The summed E-state index contributed by atoms with van der Waals surface area (Å²) in [5.41, 5.74) is 1.30. The van der Waals surface area contributed by atoms with Gasteiger partial charge in [0.25, 0.3) is 0 Å². The van der Waals surface area contributed by atoms with E-state index in [2.05, 4.69) is 46.1 Å². The predicted molar refractivity (Wildman–Crippen MR) is 77.5 cm³/mol. The molecule has 4 heteroatoms. The van der Waals surface area contributed by atoms with Gasteiger partial charge in [0.1, 0.15) is 0 Å². The van der Waals surface area contributed by atoms with Crippen molar-refractivity contribution in [1.29, 1.82) is 0 Å². The van der Waals surface area contributed by atoms with Crippen LogP contribution in [0.2, 0.25) is 0 Å². The van der Waals surface area contributed by atoms with Crippen LogP contribution in [0.15, 0.2) is 42.7 Å². The van der Waals surface area contributed by atoms with Crippen molar-refractivity contribution in [1.82, 2.24) is 9.55 Å². The van der Waals surface area contributed by atoms with Crippen molar-refractivity contribution >= 4 is 5.95 Å². The number of nitrogens with one attached hydrogen (secondary N) is 1. The van der Waals surface area contributed by atoms with Crippen LogP contribution in [0.3, 0.4) is 0 Å². The van der Waals surface area contributed by atoms with E-state index in [1.807, 2.05) is 18.5 Å². The Kier molecular flexibility index (Phi) is 4.98. The highest BCUT2D eigenvalue weighted by Crippen LogP contribution is 2.24. The fraction of sp³-hybridized carbons (Fsp3) is 0.400. The molecule has 0 amide bonds. The highest BCUT2D eigenvalue weighted by atomic mass is 16.5. The molecule has 0 fully saturated rings. The van der Waals surface area contributed by atoms with Gasteiger partial charge in [0, 0.05) is 26.0 Å². The summed E-state index contributed by atoms with van der Waals surface area (Å²) in [5, 5.41) is 3.31. The molecule has 0 aliphatic carbocycles. The van der Waals surface area contributed by atoms with Crippen LogP contribution >= 0.6 is 0 Å². The number of methoxy groups -OCH3 is 1. The van der Waals surface area contributed by atoms with Crippen molar-refractivity contribution < 1.29 is 4.74 Å². The van der Waals surface area contributed by atoms with Crippen molar-refractivity contribution in [3.63, 3.8) is 0 Å². The smallest absolute Gasteiger partial charge is 0.203 e. The van der Waals surface area contributed by atoms with E-state index in [1.165, 1.54) is 5.56 Å². The van der Waals surface area contributed by atoms with Gasteiger partial charge in [0.2, 0.25) is 5.95 Å². The van der Waals surface area contributed by atoms with E-state index < -0.39 is 0 Å². The molecule has 1 heterocycles. The zero-order valence-electron chi connectivity index (χ0n) is 11.5. The maximum Gasteiger partial charge on any atom is 0.203 e. The topological polar surface area (TPSA) is 39.1 Å². The average Bonchev–Trinajstić information content (AvgIpc) is 2.90. The lowest BCUT2D eigenvalue weighted by Crippen LogP contribution is -2.16. The van der Waals surface area contributed by atoms with Crippen LogP contribution in [0.25, 0.3) is 0 Å². The average molecular weight is 259 g/mol. The summed E-state index contributed by atoms with van der Waals surface area (Å²) in [6.07, 6.45) is 4.89. The summed E-state index contributed by atoms with van der Waals surface area (Å²) in [6.45, 7) is 3.63. The van der Waals surface area contributed by atoms with Gasteiger partial charge in [0.15, 0.2) is 0 Å². The van der Waals surface area contributed by atoms with Crippen molar-refractivity contribution in [3.05, 3.63) is 48.3 Å². The van der Waals surface area contributed by atoms with Gasteiger partial charge in [-0.05, 0) is 12.0 Å². The van der Waals surface area contributed by atoms with Gasteiger partial charge in [-0.1, -0.05) is 37.3 Å². The quantitative estimate of drug-likeness (QED) is 0.777. The normalized spacial score (nSPS) is 12.3. The van der Waals surface area contributed by atoms with Crippen molar-refractivity contribution in [3.8, 4) is 0 Å². The third kappa shape index (κ3) is 3.35. The van der Waals surface area contributed by atoms with Gasteiger partial charge in [-0.2, -0.15) is 0 Å². The molecule has 0 radical (unpaired) electrons. The summed E-state index contributed by atoms with van der Waals surface area (Å²) >= 11 is 0. The van der Waals surface area contributed by atoms with Crippen LogP contribution in [0.5, 0.6) is 0 Å². The van der Waals surface area contributed by atoms with Gasteiger partial charge >= 0.3 is 0 Å². The lowest BCUT2D eigenvalue weighted by molar-refractivity contribution is 0.210. The van der Waals surface area contributed by atoms with E-state index in [0.29, 0.717) is 12.6 Å². The fourth-order valence-corrected chi connectivity index (χ4v) is 2.23. The third-order valence-electron chi connectivity index (χ3n) is 3.16. The largest absolute Gasteiger partial charge is 0.383 e. The lowest BCUT2D eigenvalue weighted by Gasteiger charge is -2.20. The first-order valence-electron chi connectivity index (χ1n) is 6.67. The van der Waals surface area contributed by atoms with Crippen LogP contribution in [0.1, 0.15) is 24.9 Å². The monoisotopic (exact) mass is 259 g/mol. The lowest BCUT2D eigenvalue weighted by atomic mass is 10.0. The molecule has 0 spiro atoms. The molecule has 0 saturated heterocycles. The molecular formula is C15H21N3O. The number of aromatic nitrogens is 2. The summed E-state index contributed by atoms with van der Waals surface area (Å²) in [7, 11) is 1.70. The first kappa shape index (κ1) is 13.6. The van der Waals surface area contributed by atoms with Gasteiger partial charge in [-0.3, -0.25) is 0 Å². The van der Waals surface area contributed by atoms with Crippen LogP contribution in [0.4, 0.5) is 5.95 Å². The standard InChI is InChI=1S/C15H21N3O/c1-3-14(13-7-5-4-6-8-13)18-11-9-16-15(18)17-10-12-19-2/h4-9,11,14H,3,10,12H2,1-2H3,(H,16,17). The second-order valence-corrected chi connectivity index (χ2v) is 4.41. The van der Waals surface area contributed by atoms with Crippen LogP contribution < -0.4 is 5.32 Å². The number of benzene rings is 1. The summed E-state index contributed by atoms with van der Waals surface area (Å²) in [6, 6.07) is 10.8. The van der Waals surface area contributed by atoms with E-state index in [1.54, 1.807) is 7.11 Å². The Bertz CT molecular complexity index is 481. The van der Waals surface area contributed by atoms with Gasteiger partial charge < -0.3 is 14.6 Å². The molecule has 2 aromatic rings. The Balaban J connectivity index is 2.17. The van der Waals surface area contributed by atoms with E-state index in [9.17, 15) is 0 Å². The molecule has 19 heavy (non-hydrogen) atoms. The highest BCUT2D eigenvalue weighted by molar-refractivity contribution is 5.30. The molecule has 1 aromatic heterocycles. The van der Waals surface area contributed by atoms with E-state index in [0.717, 1.165) is 18.9 Å². The van der Waals surface area contributed by atoms with E-state index in [-0.39, 0.29) is 0 Å². The molecule has 0 aliphatic rings. The van der Waals surface area contributed by atoms with Crippen molar-refractivity contribution in [2.24, 2.45) is 0 Å². The molecule has 2 rings (SSSR count). The Morgan fingerprint density at radius 2 is 2.11 bits per heavy atom. The Morgan fingerprint density at radius 3 is 2.79 bits per heavy atom. The van der Waals surface area contributed by atoms with Gasteiger partial charge in [-0.15, -0.1) is 0 Å². The fourth-order valence-electron chi connectivity index (χ4n) is 2.23. The Labute approximate surface area is 114 Å². The molecule has 1 N–H and O–H groups in total. The first-order chi connectivity index (χ1) is 9.36. The zero-order chi connectivity index (χ0) is 13.5. The van der Waals surface area contributed by atoms with Crippen molar-refractivity contribution in [2.75, 3.05) is 25.6 Å². The van der Waals surface area contributed by atoms with Crippen molar-refractivity contribution in [2.45, 2.75) is 19.4 Å². The third-order valence-corrected chi connectivity index (χ3v) is 3.16. The van der Waals surface area contributed by atoms with Crippen LogP contribution in [0, 0.1) is 0 Å². The number of nitrogens with zero attached hydrogens (tertiary/aromatic N) is 2. The molecule has 0 saturated carbocycles. The number of anilines is 1. The van der Waals surface area contributed by atoms with Gasteiger partial charge in [-0.25, -0.2) is 4.98 Å². The zero-order valence-corrected chi connectivity index (χ0v) is 11.5. The minimum Gasteiger partial charge on any atom is -0.383 e. The maximum atomic E-state index is 5.05. The number of ether oxygens (including phenoxy) is 1. The minimum atomic E-state index is 0.314. The summed E-state index contributed by atoms with van der Waals surface area (Å²) < 4.78 is 7.24. The molecule has 1 aromatic carbocycles. The second kappa shape index (κ2) is 6.95. The maximum absolute atomic E-state index is 5.05. The van der Waals surface area contributed by atoms with Crippen LogP contribution in [-0.2, 0) is 4.74 Å². The molecule has 0 aliphatic heterocycles.